The van der Waals surface area contributed by atoms with Crippen LogP contribution in [0.1, 0.15) is 6.42 Å². The second-order valence-electron chi connectivity index (χ2n) is 5.96. The van der Waals surface area contributed by atoms with Crippen molar-refractivity contribution in [3.8, 4) is 0 Å². The largest absolute Gasteiger partial charge is 0.342 e. The molecule has 0 saturated carbocycles. The Labute approximate surface area is 139 Å². The van der Waals surface area contributed by atoms with Crippen LogP contribution >= 0.6 is 0 Å². The molecule has 7 nitrogen and oxygen atoms in total. The van der Waals surface area contributed by atoms with Crippen LogP contribution in [0.3, 0.4) is 0 Å². The zero-order chi connectivity index (χ0) is 17.1. The summed E-state index contributed by atoms with van der Waals surface area (Å²) in [4.78, 5) is 39.9. The Bertz CT molecular complexity index is 629. The number of rotatable bonds is 3. The van der Waals surface area contributed by atoms with E-state index in [1.54, 1.807) is 26.8 Å². The lowest BCUT2D eigenvalue weighted by Gasteiger charge is -2.33. The second-order valence-corrected chi connectivity index (χ2v) is 5.96. The lowest BCUT2D eigenvalue weighted by atomic mass is 10.2. The molecule has 1 aromatic rings. The first-order chi connectivity index (χ1) is 11.6. The van der Waals surface area contributed by atoms with Gasteiger partial charge in [-0.3, -0.25) is 9.59 Å². The van der Waals surface area contributed by atoms with Gasteiger partial charge in [0.15, 0.2) is 0 Å². The van der Waals surface area contributed by atoms with Gasteiger partial charge in [0.2, 0.25) is 12.3 Å². The number of carbonyl (C=O) groups is 3. The predicted octanol–water partition coefficient (Wildman–Crippen LogP) is 0.415. The SMILES string of the molecule is O=CN1CCN(C(=O)N[C@H]2CC(=O)N(c3ccc(F)cc3)C2)CC1. The minimum absolute atomic E-state index is 0.0994. The van der Waals surface area contributed by atoms with Gasteiger partial charge in [-0.2, -0.15) is 0 Å². The topological polar surface area (TPSA) is 73.0 Å². The highest BCUT2D eigenvalue weighted by molar-refractivity contribution is 5.96. The molecule has 2 aliphatic heterocycles. The van der Waals surface area contributed by atoms with Crippen LogP contribution in [-0.4, -0.2) is 66.9 Å². The molecule has 0 aromatic heterocycles. The monoisotopic (exact) mass is 334 g/mol. The summed E-state index contributed by atoms with van der Waals surface area (Å²) in [7, 11) is 0. The van der Waals surface area contributed by atoms with Crippen LogP contribution in [0, 0.1) is 5.82 Å². The van der Waals surface area contributed by atoms with Gasteiger partial charge >= 0.3 is 6.03 Å². The van der Waals surface area contributed by atoms with Gasteiger partial charge < -0.3 is 20.0 Å². The third-order valence-electron chi connectivity index (χ3n) is 4.34. The van der Waals surface area contributed by atoms with Gasteiger partial charge in [0, 0.05) is 44.8 Å². The molecule has 0 spiro atoms. The Hall–Kier alpha value is -2.64. The van der Waals surface area contributed by atoms with Gasteiger partial charge in [-0.15, -0.1) is 0 Å². The Balaban J connectivity index is 1.55. The molecule has 24 heavy (non-hydrogen) atoms. The van der Waals surface area contributed by atoms with Crippen molar-refractivity contribution in [3.05, 3.63) is 30.1 Å². The van der Waals surface area contributed by atoms with E-state index in [1.165, 1.54) is 12.1 Å². The van der Waals surface area contributed by atoms with Crippen molar-refractivity contribution in [3.63, 3.8) is 0 Å². The van der Waals surface area contributed by atoms with Crippen molar-refractivity contribution < 1.29 is 18.8 Å². The zero-order valence-corrected chi connectivity index (χ0v) is 13.2. The molecule has 2 aliphatic rings. The molecular formula is C16H19FN4O3. The molecule has 1 atom stereocenters. The van der Waals surface area contributed by atoms with Crippen molar-refractivity contribution in [2.24, 2.45) is 0 Å². The number of halogens is 1. The highest BCUT2D eigenvalue weighted by Crippen LogP contribution is 2.22. The number of nitrogens with zero attached hydrogens (tertiary/aromatic N) is 3. The van der Waals surface area contributed by atoms with Gasteiger partial charge in [0.05, 0.1) is 6.04 Å². The normalized spacial score (nSPS) is 21.1. The maximum atomic E-state index is 13.0. The first-order valence-electron chi connectivity index (χ1n) is 7.87. The summed E-state index contributed by atoms with van der Waals surface area (Å²) in [5, 5.41) is 2.87. The summed E-state index contributed by atoms with van der Waals surface area (Å²) < 4.78 is 13.0. The molecule has 0 bridgehead atoms. The quantitative estimate of drug-likeness (QED) is 0.814. The lowest BCUT2D eigenvalue weighted by molar-refractivity contribution is -0.119. The van der Waals surface area contributed by atoms with E-state index in [1.807, 2.05) is 0 Å². The Kier molecular flexibility index (Phi) is 4.64. The van der Waals surface area contributed by atoms with E-state index in [9.17, 15) is 18.8 Å². The number of anilines is 1. The highest BCUT2D eigenvalue weighted by Gasteiger charge is 2.33. The minimum Gasteiger partial charge on any atom is -0.342 e. The molecule has 2 fully saturated rings. The summed E-state index contributed by atoms with van der Waals surface area (Å²) in [5.41, 5.74) is 0.623. The molecule has 2 heterocycles. The number of hydrogen-bond acceptors (Lipinski definition) is 3. The van der Waals surface area contributed by atoms with Crippen LogP contribution in [0.4, 0.5) is 14.9 Å². The number of carbonyl (C=O) groups excluding carboxylic acids is 3. The van der Waals surface area contributed by atoms with Crippen LogP contribution < -0.4 is 10.2 Å². The lowest BCUT2D eigenvalue weighted by Crippen LogP contribution is -2.53. The number of benzene rings is 1. The second kappa shape index (κ2) is 6.86. The van der Waals surface area contributed by atoms with Crippen LogP contribution in [0.2, 0.25) is 0 Å². The predicted molar refractivity (Wildman–Crippen MR) is 84.9 cm³/mol. The molecule has 0 unspecified atom stereocenters. The van der Waals surface area contributed by atoms with Gasteiger partial charge in [-0.25, -0.2) is 9.18 Å². The number of urea groups is 1. The van der Waals surface area contributed by atoms with Gasteiger partial charge in [-0.05, 0) is 24.3 Å². The maximum absolute atomic E-state index is 13.0. The fraction of sp³-hybridized carbons (Fsp3) is 0.438. The van der Waals surface area contributed by atoms with Crippen LogP contribution in [0.15, 0.2) is 24.3 Å². The Morgan fingerprint density at radius 3 is 2.46 bits per heavy atom. The van der Waals surface area contributed by atoms with E-state index < -0.39 is 0 Å². The average molecular weight is 334 g/mol. The van der Waals surface area contributed by atoms with Crippen LogP contribution in [-0.2, 0) is 9.59 Å². The molecule has 0 aliphatic carbocycles. The third-order valence-corrected chi connectivity index (χ3v) is 4.34. The highest BCUT2D eigenvalue weighted by atomic mass is 19.1. The van der Waals surface area contributed by atoms with Gasteiger partial charge in [0.1, 0.15) is 5.82 Å². The van der Waals surface area contributed by atoms with Crippen molar-refractivity contribution in [2.45, 2.75) is 12.5 Å². The van der Waals surface area contributed by atoms with E-state index in [4.69, 9.17) is 0 Å². The average Bonchev–Trinajstić information content (AvgIpc) is 2.96. The smallest absolute Gasteiger partial charge is 0.317 e. The number of nitrogens with one attached hydrogen (secondary N) is 1. The van der Waals surface area contributed by atoms with Crippen molar-refractivity contribution in [1.29, 1.82) is 0 Å². The summed E-state index contributed by atoms with van der Waals surface area (Å²) in [6.45, 7) is 2.36. The summed E-state index contributed by atoms with van der Waals surface area (Å²) >= 11 is 0. The Morgan fingerprint density at radius 2 is 1.83 bits per heavy atom. The van der Waals surface area contributed by atoms with Gasteiger partial charge in [-0.1, -0.05) is 0 Å². The maximum Gasteiger partial charge on any atom is 0.317 e. The molecule has 128 valence electrons. The Morgan fingerprint density at radius 1 is 1.17 bits per heavy atom. The van der Waals surface area contributed by atoms with Crippen LogP contribution in [0.5, 0.6) is 0 Å². The van der Waals surface area contributed by atoms with Gasteiger partial charge in [0.25, 0.3) is 0 Å². The molecule has 2 saturated heterocycles. The van der Waals surface area contributed by atoms with E-state index in [0.29, 0.717) is 38.4 Å². The van der Waals surface area contributed by atoms with E-state index in [-0.39, 0.29) is 30.2 Å². The summed E-state index contributed by atoms with van der Waals surface area (Å²) in [6, 6.07) is 5.22. The van der Waals surface area contributed by atoms with Crippen LogP contribution in [0.25, 0.3) is 0 Å². The van der Waals surface area contributed by atoms with Crippen molar-refractivity contribution in [2.75, 3.05) is 37.6 Å². The summed E-state index contributed by atoms with van der Waals surface area (Å²) in [6.07, 6.45) is 1.00. The zero-order valence-electron chi connectivity index (χ0n) is 13.2. The standard InChI is InChI=1S/C16H19FN4O3/c17-12-1-3-14(4-2-12)21-10-13(9-15(21)23)18-16(24)20-7-5-19(11-22)6-8-20/h1-4,11,13H,5-10H2,(H,18,24)/t13-/m0/s1. The first kappa shape index (κ1) is 16.2. The fourth-order valence-electron chi connectivity index (χ4n) is 2.97. The molecule has 0 radical (unpaired) electrons. The number of piperazine rings is 1. The minimum atomic E-state index is -0.357. The molecule has 3 rings (SSSR count). The summed E-state index contributed by atoms with van der Waals surface area (Å²) in [5.74, 6) is -0.456. The van der Waals surface area contributed by atoms with Crippen molar-refractivity contribution in [1.82, 2.24) is 15.1 Å². The van der Waals surface area contributed by atoms with E-state index >= 15 is 0 Å². The van der Waals surface area contributed by atoms with E-state index in [2.05, 4.69) is 5.32 Å². The number of amides is 4. The first-order valence-corrected chi connectivity index (χ1v) is 7.87. The molecule has 4 amide bonds. The molecule has 1 aromatic carbocycles. The molecule has 1 N–H and O–H groups in total. The van der Waals surface area contributed by atoms with Crippen molar-refractivity contribution >= 4 is 24.0 Å². The van der Waals surface area contributed by atoms with E-state index in [0.717, 1.165) is 6.41 Å². The molecule has 8 heteroatoms. The number of hydrogen-bond donors (Lipinski definition) is 1. The third kappa shape index (κ3) is 3.47. The fourth-order valence-corrected chi connectivity index (χ4v) is 2.97. The molecular weight excluding hydrogens is 315 g/mol.